The van der Waals surface area contributed by atoms with E-state index in [-0.39, 0.29) is 18.0 Å². The van der Waals surface area contributed by atoms with Gasteiger partial charge in [-0.25, -0.2) is 9.97 Å². The van der Waals surface area contributed by atoms with Crippen LogP contribution in [0.4, 0.5) is 5.95 Å². The van der Waals surface area contributed by atoms with Gasteiger partial charge in [0.2, 0.25) is 5.95 Å². The van der Waals surface area contributed by atoms with Gasteiger partial charge in [-0.05, 0) is 25.0 Å². The van der Waals surface area contributed by atoms with Crippen molar-refractivity contribution in [3.05, 3.63) is 41.6 Å². The zero-order valence-electron chi connectivity index (χ0n) is 15.0. The van der Waals surface area contributed by atoms with Crippen molar-refractivity contribution in [3.63, 3.8) is 0 Å². The Balaban J connectivity index is 1.59. The van der Waals surface area contributed by atoms with E-state index >= 15 is 0 Å². The third-order valence-electron chi connectivity index (χ3n) is 5.55. The van der Waals surface area contributed by atoms with E-state index < -0.39 is 0 Å². The average molecular weight is 362 g/mol. The number of rotatable bonds is 3. The SMILES string of the molecule is N[C@H]1CCCC[C@H]1Nc1nc2c(c(-c3cc4ccccc4[nH]3)n1)C(=O)NC2. The summed E-state index contributed by atoms with van der Waals surface area (Å²) in [5.74, 6) is 0.417. The Labute approximate surface area is 156 Å². The number of H-pyrrole nitrogens is 1. The number of nitrogens with one attached hydrogen (secondary N) is 3. The Morgan fingerprint density at radius 3 is 2.85 bits per heavy atom. The van der Waals surface area contributed by atoms with Crippen molar-refractivity contribution in [1.82, 2.24) is 20.3 Å². The second kappa shape index (κ2) is 6.35. The van der Waals surface area contributed by atoms with Crippen LogP contribution in [0.3, 0.4) is 0 Å². The monoisotopic (exact) mass is 362 g/mol. The van der Waals surface area contributed by atoms with Crippen molar-refractivity contribution in [2.75, 3.05) is 5.32 Å². The topological polar surface area (TPSA) is 109 Å². The van der Waals surface area contributed by atoms with Crippen molar-refractivity contribution in [2.24, 2.45) is 5.73 Å². The highest BCUT2D eigenvalue weighted by atomic mass is 16.1. The van der Waals surface area contributed by atoms with E-state index in [9.17, 15) is 4.79 Å². The molecule has 1 aliphatic carbocycles. The molecule has 5 N–H and O–H groups in total. The van der Waals surface area contributed by atoms with Gasteiger partial charge in [0.25, 0.3) is 5.91 Å². The minimum absolute atomic E-state index is 0.104. The molecule has 0 spiro atoms. The lowest BCUT2D eigenvalue weighted by Crippen LogP contribution is -2.43. The fourth-order valence-corrected chi connectivity index (χ4v) is 4.09. The summed E-state index contributed by atoms with van der Waals surface area (Å²) in [6.45, 7) is 0.426. The van der Waals surface area contributed by atoms with Crippen LogP contribution in [0.25, 0.3) is 22.3 Å². The molecule has 7 nitrogen and oxygen atoms in total. The minimum atomic E-state index is -0.125. The quantitative estimate of drug-likeness (QED) is 0.572. The molecule has 0 bridgehead atoms. The fourth-order valence-electron chi connectivity index (χ4n) is 4.09. The van der Waals surface area contributed by atoms with Gasteiger partial charge in [-0.1, -0.05) is 31.0 Å². The molecule has 1 amide bonds. The summed E-state index contributed by atoms with van der Waals surface area (Å²) in [7, 11) is 0. The smallest absolute Gasteiger partial charge is 0.255 e. The number of nitrogens with two attached hydrogens (primary N) is 1. The number of benzene rings is 1. The minimum Gasteiger partial charge on any atom is -0.353 e. The highest BCUT2D eigenvalue weighted by Gasteiger charge is 2.29. The highest BCUT2D eigenvalue weighted by Crippen LogP contribution is 2.30. The molecule has 1 aliphatic heterocycles. The summed E-state index contributed by atoms with van der Waals surface area (Å²) in [6, 6.07) is 10.3. The number of aromatic amines is 1. The average Bonchev–Trinajstić information content (AvgIpc) is 3.27. The first-order chi connectivity index (χ1) is 13.2. The molecule has 3 heterocycles. The zero-order valence-corrected chi connectivity index (χ0v) is 15.0. The van der Waals surface area contributed by atoms with Crippen molar-refractivity contribution < 1.29 is 4.79 Å². The van der Waals surface area contributed by atoms with Crippen LogP contribution in [0.15, 0.2) is 30.3 Å². The molecule has 1 saturated carbocycles. The summed E-state index contributed by atoms with van der Waals surface area (Å²) < 4.78 is 0. The summed E-state index contributed by atoms with van der Waals surface area (Å²) >= 11 is 0. The van der Waals surface area contributed by atoms with Gasteiger partial charge in [0.15, 0.2) is 0 Å². The van der Waals surface area contributed by atoms with Crippen molar-refractivity contribution in [3.8, 4) is 11.4 Å². The van der Waals surface area contributed by atoms with Gasteiger partial charge in [0.05, 0.1) is 23.5 Å². The Morgan fingerprint density at radius 1 is 1.15 bits per heavy atom. The van der Waals surface area contributed by atoms with Gasteiger partial charge < -0.3 is 21.4 Å². The van der Waals surface area contributed by atoms with Gasteiger partial charge in [0, 0.05) is 23.0 Å². The van der Waals surface area contributed by atoms with Crippen LogP contribution in [-0.2, 0) is 6.54 Å². The molecule has 3 aromatic rings. The van der Waals surface area contributed by atoms with Gasteiger partial charge in [-0.15, -0.1) is 0 Å². The molecule has 138 valence electrons. The molecule has 2 atom stereocenters. The van der Waals surface area contributed by atoms with E-state index in [1.54, 1.807) is 0 Å². The number of hydrogen-bond acceptors (Lipinski definition) is 5. The van der Waals surface area contributed by atoms with Crippen molar-refractivity contribution in [2.45, 2.75) is 44.3 Å². The van der Waals surface area contributed by atoms with E-state index in [4.69, 9.17) is 10.7 Å². The number of nitrogens with zero attached hydrogens (tertiary/aromatic N) is 2. The molecule has 0 saturated heterocycles. The maximum atomic E-state index is 12.4. The fraction of sp³-hybridized carbons (Fsp3) is 0.350. The number of carbonyl (C=O) groups is 1. The predicted molar refractivity (Wildman–Crippen MR) is 104 cm³/mol. The normalized spacial score (nSPS) is 21.9. The predicted octanol–water partition coefficient (Wildman–Crippen LogP) is 2.55. The van der Waals surface area contributed by atoms with E-state index in [1.807, 2.05) is 30.3 Å². The standard InChI is InChI=1S/C20H22N6O/c21-12-6-2-4-8-14(12)24-20-25-16-10-22-19(27)17(16)18(26-20)15-9-11-5-1-3-7-13(11)23-15/h1,3,5,7,9,12,14,23H,2,4,6,8,10,21H2,(H,22,27)(H,24,25,26)/t12-,14+/m0/s1. The lowest BCUT2D eigenvalue weighted by atomic mass is 9.91. The van der Waals surface area contributed by atoms with Gasteiger partial charge in [-0.2, -0.15) is 0 Å². The van der Waals surface area contributed by atoms with Gasteiger partial charge in [-0.3, -0.25) is 4.79 Å². The van der Waals surface area contributed by atoms with Crippen LogP contribution >= 0.6 is 0 Å². The van der Waals surface area contributed by atoms with Crippen LogP contribution in [-0.4, -0.2) is 32.9 Å². The lowest BCUT2D eigenvalue weighted by Gasteiger charge is -2.29. The molecule has 2 aromatic heterocycles. The Morgan fingerprint density at radius 2 is 2.00 bits per heavy atom. The number of fused-ring (bicyclic) bond motifs is 2. The Bertz CT molecular complexity index is 993. The van der Waals surface area contributed by atoms with Crippen LogP contribution in [0.2, 0.25) is 0 Å². The molecular formula is C20H22N6O. The molecule has 1 fully saturated rings. The number of aromatic nitrogens is 3. The first kappa shape index (κ1) is 16.3. The molecule has 0 radical (unpaired) electrons. The van der Waals surface area contributed by atoms with Crippen LogP contribution < -0.4 is 16.4 Å². The van der Waals surface area contributed by atoms with Gasteiger partial charge in [0.1, 0.15) is 5.69 Å². The summed E-state index contributed by atoms with van der Waals surface area (Å²) in [4.78, 5) is 25.1. The van der Waals surface area contributed by atoms with Crippen LogP contribution in [0.1, 0.15) is 41.7 Å². The van der Waals surface area contributed by atoms with E-state index in [1.165, 1.54) is 6.42 Å². The zero-order chi connectivity index (χ0) is 18.4. The maximum absolute atomic E-state index is 12.4. The number of carbonyl (C=O) groups excluding carboxylic acids is 1. The van der Waals surface area contributed by atoms with Crippen molar-refractivity contribution in [1.29, 1.82) is 0 Å². The van der Waals surface area contributed by atoms with Crippen LogP contribution in [0.5, 0.6) is 0 Å². The van der Waals surface area contributed by atoms with E-state index in [0.29, 0.717) is 23.8 Å². The molecule has 1 aromatic carbocycles. The molecule has 7 heteroatoms. The molecule has 2 aliphatic rings. The highest BCUT2D eigenvalue weighted by molar-refractivity contribution is 6.03. The summed E-state index contributed by atoms with van der Waals surface area (Å²) in [6.07, 6.45) is 4.35. The third kappa shape index (κ3) is 2.84. The lowest BCUT2D eigenvalue weighted by molar-refractivity contribution is 0.0966. The molecule has 0 unspecified atom stereocenters. The molecular weight excluding hydrogens is 340 g/mol. The van der Waals surface area contributed by atoms with E-state index in [0.717, 1.165) is 41.6 Å². The first-order valence-electron chi connectivity index (χ1n) is 9.48. The second-order valence-corrected chi connectivity index (χ2v) is 7.37. The largest absolute Gasteiger partial charge is 0.353 e. The maximum Gasteiger partial charge on any atom is 0.255 e. The Hall–Kier alpha value is -2.93. The first-order valence-corrected chi connectivity index (χ1v) is 9.48. The molecule has 27 heavy (non-hydrogen) atoms. The number of hydrogen-bond donors (Lipinski definition) is 4. The number of amides is 1. The summed E-state index contributed by atoms with van der Waals surface area (Å²) in [5, 5.41) is 7.36. The Kier molecular flexibility index (Phi) is 3.82. The van der Waals surface area contributed by atoms with E-state index in [2.05, 4.69) is 20.6 Å². The number of anilines is 1. The second-order valence-electron chi connectivity index (χ2n) is 7.37. The number of para-hydroxylation sites is 1. The van der Waals surface area contributed by atoms with Crippen LogP contribution in [0, 0.1) is 0 Å². The third-order valence-corrected chi connectivity index (χ3v) is 5.55. The van der Waals surface area contributed by atoms with Gasteiger partial charge >= 0.3 is 0 Å². The summed E-state index contributed by atoms with van der Waals surface area (Å²) in [5.41, 5.74) is 10.0. The molecule has 5 rings (SSSR count). The van der Waals surface area contributed by atoms with Crippen molar-refractivity contribution >= 4 is 22.8 Å².